The van der Waals surface area contributed by atoms with E-state index in [0.717, 1.165) is 12.1 Å². The van der Waals surface area contributed by atoms with Crippen LogP contribution in [-0.4, -0.2) is 19.0 Å². The number of methoxy groups -OCH3 is 1. The molecule has 4 nitrogen and oxygen atoms in total. The van der Waals surface area contributed by atoms with E-state index in [1.165, 1.54) is 31.4 Å². The van der Waals surface area contributed by atoms with Crippen LogP contribution in [0.2, 0.25) is 0 Å². The first-order valence-electron chi connectivity index (χ1n) is 5.96. The molecule has 0 atom stereocenters. The van der Waals surface area contributed by atoms with Gasteiger partial charge in [0.05, 0.1) is 18.4 Å². The molecular weight excluding hydrogens is 280 g/mol. The quantitative estimate of drug-likeness (QED) is 0.884. The van der Waals surface area contributed by atoms with Crippen LogP contribution in [0.3, 0.4) is 0 Å². The molecule has 0 aromatic heterocycles. The minimum absolute atomic E-state index is 0.148. The Morgan fingerprint density at radius 3 is 2.43 bits per heavy atom. The zero-order chi connectivity index (χ0) is 15.4. The normalized spacial score (nSPS) is 10.0. The van der Waals surface area contributed by atoms with Gasteiger partial charge in [-0.05, 0) is 30.3 Å². The van der Waals surface area contributed by atoms with Crippen LogP contribution in [0.5, 0.6) is 0 Å². The lowest BCUT2D eigenvalue weighted by atomic mass is 10.1. The van der Waals surface area contributed by atoms with Gasteiger partial charge in [0.2, 0.25) is 0 Å². The molecule has 21 heavy (non-hydrogen) atoms. The molecule has 1 amide bonds. The molecule has 0 aliphatic rings. The van der Waals surface area contributed by atoms with Crippen molar-refractivity contribution in [2.75, 3.05) is 12.4 Å². The summed E-state index contributed by atoms with van der Waals surface area (Å²) in [6.07, 6.45) is 0. The number of halogens is 2. The van der Waals surface area contributed by atoms with Crippen LogP contribution in [-0.2, 0) is 4.74 Å². The average molecular weight is 291 g/mol. The Labute approximate surface area is 119 Å². The van der Waals surface area contributed by atoms with Gasteiger partial charge in [-0.1, -0.05) is 6.07 Å². The highest BCUT2D eigenvalue weighted by atomic mass is 19.1. The lowest BCUT2D eigenvalue weighted by Crippen LogP contribution is -2.14. The molecule has 0 fully saturated rings. The molecule has 0 aliphatic heterocycles. The zero-order valence-corrected chi connectivity index (χ0v) is 11.0. The number of ether oxygens (including phenoxy) is 1. The van der Waals surface area contributed by atoms with Crippen LogP contribution in [0, 0.1) is 11.6 Å². The molecule has 0 saturated carbocycles. The third kappa shape index (κ3) is 3.42. The summed E-state index contributed by atoms with van der Waals surface area (Å²) in [5.41, 5.74) is 0.205. The van der Waals surface area contributed by atoms with E-state index in [4.69, 9.17) is 0 Å². The number of amides is 1. The number of anilines is 1. The maximum absolute atomic E-state index is 13.5. The Morgan fingerprint density at radius 2 is 1.76 bits per heavy atom. The van der Waals surface area contributed by atoms with E-state index in [1.54, 1.807) is 0 Å². The molecule has 0 bridgehead atoms. The molecule has 6 heteroatoms. The number of carbonyl (C=O) groups is 2. The summed E-state index contributed by atoms with van der Waals surface area (Å²) in [5.74, 6) is -2.82. The summed E-state index contributed by atoms with van der Waals surface area (Å²) in [5, 5.41) is 2.31. The third-order valence-corrected chi connectivity index (χ3v) is 2.73. The van der Waals surface area contributed by atoms with Crippen LogP contribution in [0.1, 0.15) is 20.7 Å². The highest BCUT2D eigenvalue weighted by Crippen LogP contribution is 2.16. The molecule has 1 N–H and O–H groups in total. The lowest BCUT2D eigenvalue weighted by molar-refractivity contribution is 0.0600. The number of esters is 1. The van der Waals surface area contributed by atoms with Crippen molar-refractivity contribution < 1.29 is 23.1 Å². The van der Waals surface area contributed by atoms with Crippen LogP contribution >= 0.6 is 0 Å². The second-order valence-electron chi connectivity index (χ2n) is 4.15. The van der Waals surface area contributed by atoms with E-state index < -0.39 is 23.5 Å². The standard InChI is InChI=1S/C15H11F2NO3/c1-21-15(20)10-4-2-3-9(7-10)14(19)18-13-6-5-11(16)8-12(13)17/h2-8H,1H3,(H,18,19). The summed E-state index contributed by atoms with van der Waals surface area (Å²) in [6, 6.07) is 8.59. The second-order valence-corrected chi connectivity index (χ2v) is 4.15. The minimum Gasteiger partial charge on any atom is -0.465 e. The Balaban J connectivity index is 2.22. The summed E-state index contributed by atoms with van der Waals surface area (Å²) in [6.45, 7) is 0. The van der Waals surface area contributed by atoms with Crippen molar-refractivity contribution in [1.82, 2.24) is 0 Å². The molecule has 2 rings (SSSR count). The molecule has 2 aromatic carbocycles. The van der Waals surface area contributed by atoms with Crippen LogP contribution in [0.4, 0.5) is 14.5 Å². The number of hydrogen-bond donors (Lipinski definition) is 1. The topological polar surface area (TPSA) is 55.4 Å². The Morgan fingerprint density at radius 1 is 1.05 bits per heavy atom. The van der Waals surface area contributed by atoms with Gasteiger partial charge >= 0.3 is 5.97 Å². The van der Waals surface area contributed by atoms with Gasteiger partial charge in [-0.2, -0.15) is 0 Å². The van der Waals surface area contributed by atoms with E-state index >= 15 is 0 Å². The minimum atomic E-state index is -0.882. The first kappa shape index (κ1) is 14.6. The van der Waals surface area contributed by atoms with Gasteiger partial charge in [0.25, 0.3) is 5.91 Å². The van der Waals surface area contributed by atoms with Gasteiger partial charge in [-0.3, -0.25) is 4.79 Å². The molecule has 2 aromatic rings. The number of hydrogen-bond acceptors (Lipinski definition) is 3. The third-order valence-electron chi connectivity index (χ3n) is 2.73. The van der Waals surface area contributed by atoms with Crippen LogP contribution in [0.25, 0.3) is 0 Å². The molecular formula is C15H11F2NO3. The fraction of sp³-hybridized carbons (Fsp3) is 0.0667. The van der Waals surface area contributed by atoms with Gasteiger partial charge in [0, 0.05) is 11.6 Å². The smallest absolute Gasteiger partial charge is 0.337 e. The predicted octanol–water partition coefficient (Wildman–Crippen LogP) is 3.00. The van der Waals surface area contributed by atoms with Gasteiger partial charge in [-0.15, -0.1) is 0 Å². The van der Waals surface area contributed by atoms with Gasteiger partial charge in [0.1, 0.15) is 11.6 Å². The molecule has 0 unspecified atom stereocenters. The SMILES string of the molecule is COC(=O)c1cccc(C(=O)Nc2ccc(F)cc2F)c1. The highest BCUT2D eigenvalue weighted by molar-refractivity contribution is 6.05. The van der Waals surface area contributed by atoms with Crippen LogP contribution < -0.4 is 5.32 Å². The molecule has 0 radical (unpaired) electrons. The Bertz CT molecular complexity index is 701. The van der Waals surface area contributed by atoms with Crippen molar-refractivity contribution in [2.24, 2.45) is 0 Å². The maximum Gasteiger partial charge on any atom is 0.337 e. The van der Waals surface area contributed by atoms with Gasteiger partial charge < -0.3 is 10.1 Å². The number of rotatable bonds is 3. The van der Waals surface area contributed by atoms with Crippen molar-refractivity contribution in [2.45, 2.75) is 0 Å². The van der Waals surface area contributed by atoms with E-state index in [1.807, 2.05) is 0 Å². The largest absolute Gasteiger partial charge is 0.465 e. The maximum atomic E-state index is 13.5. The number of nitrogens with one attached hydrogen (secondary N) is 1. The predicted molar refractivity (Wildman–Crippen MR) is 72.1 cm³/mol. The molecule has 0 aliphatic carbocycles. The fourth-order valence-corrected chi connectivity index (χ4v) is 1.69. The van der Waals surface area contributed by atoms with E-state index in [2.05, 4.69) is 10.1 Å². The van der Waals surface area contributed by atoms with Crippen molar-refractivity contribution >= 4 is 17.6 Å². The Hall–Kier alpha value is -2.76. The summed E-state index contributed by atoms with van der Waals surface area (Å²) >= 11 is 0. The molecule has 0 saturated heterocycles. The van der Waals surface area contributed by atoms with Gasteiger partial charge in [0.15, 0.2) is 0 Å². The lowest BCUT2D eigenvalue weighted by Gasteiger charge is -2.07. The Kier molecular flexibility index (Phi) is 4.27. The number of benzene rings is 2. The van der Waals surface area contributed by atoms with Crippen molar-refractivity contribution in [1.29, 1.82) is 0 Å². The molecule has 108 valence electrons. The van der Waals surface area contributed by atoms with Gasteiger partial charge in [-0.25, -0.2) is 13.6 Å². The molecule has 0 spiro atoms. The summed E-state index contributed by atoms with van der Waals surface area (Å²) in [4.78, 5) is 23.4. The zero-order valence-electron chi connectivity index (χ0n) is 11.0. The average Bonchev–Trinajstić information content (AvgIpc) is 2.49. The summed E-state index contributed by atoms with van der Waals surface area (Å²) < 4.78 is 30.8. The van der Waals surface area contributed by atoms with E-state index in [9.17, 15) is 18.4 Å². The molecule has 0 heterocycles. The second kappa shape index (κ2) is 6.13. The van der Waals surface area contributed by atoms with E-state index in [0.29, 0.717) is 6.07 Å². The first-order chi connectivity index (χ1) is 10.0. The van der Waals surface area contributed by atoms with Crippen molar-refractivity contribution in [3.63, 3.8) is 0 Å². The number of carbonyl (C=O) groups excluding carboxylic acids is 2. The van der Waals surface area contributed by atoms with Crippen LogP contribution in [0.15, 0.2) is 42.5 Å². The van der Waals surface area contributed by atoms with Crippen molar-refractivity contribution in [3.8, 4) is 0 Å². The van der Waals surface area contributed by atoms with E-state index in [-0.39, 0.29) is 16.8 Å². The monoisotopic (exact) mass is 291 g/mol. The first-order valence-corrected chi connectivity index (χ1v) is 5.96. The van der Waals surface area contributed by atoms with Crippen molar-refractivity contribution in [3.05, 3.63) is 65.2 Å². The summed E-state index contributed by atoms with van der Waals surface area (Å²) in [7, 11) is 1.23. The fourth-order valence-electron chi connectivity index (χ4n) is 1.69. The highest BCUT2D eigenvalue weighted by Gasteiger charge is 2.12.